The molecule has 0 amide bonds. The second kappa shape index (κ2) is 6.97. The number of rotatable bonds is 8. The van der Waals surface area contributed by atoms with Crippen molar-refractivity contribution >= 4 is 0 Å². The van der Waals surface area contributed by atoms with Gasteiger partial charge in [-0.1, -0.05) is 26.2 Å². The van der Waals surface area contributed by atoms with Crippen molar-refractivity contribution < 1.29 is 5.11 Å². The highest BCUT2D eigenvalue weighted by Gasteiger charge is 2.39. The van der Waals surface area contributed by atoms with Crippen LogP contribution in [0.1, 0.15) is 64.7 Å². The van der Waals surface area contributed by atoms with Crippen LogP contribution in [-0.2, 0) is 0 Å². The van der Waals surface area contributed by atoms with Crippen LogP contribution in [0.15, 0.2) is 0 Å². The molecule has 0 heterocycles. The summed E-state index contributed by atoms with van der Waals surface area (Å²) in [5.41, 5.74) is 0.472. The summed E-state index contributed by atoms with van der Waals surface area (Å²) in [6, 6.07) is 1.57. The number of nitrogens with zero attached hydrogens (tertiary/aromatic N) is 1. The van der Waals surface area contributed by atoms with E-state index in [0.717, 1.165) is 24.5 Å². The summed E-state index contributed by atoms with van der Waals surface area (Å²) in [6.45, 7) is 6.03. The molecule has 0 saturated heterocycles. The maximum absolute atomic E-state index is 9.43. The first-order valence-corrected chi connectivity index (χ1v) is 9.29. The zero-order valence-electron chi connectivity index (χ0n) is 13.8. The van der Waals surface area contributed by atoms with Crippen molar-refractivity contribution in [3.05, 3.63) is 0 Å². The maximum atomic E-state index is 9.43. The molecule has 0 aliphatic heterocycles. The highest BCUT2D eigenvalue weighted by atomic mass is 16.3. The third kappa shape index (κ3) is 4.20. The van der Waals surface area contributed by atoms with Crippen LogP contribution >= 0.6 is 0 Å². The summed E-state index contributed by atoms with van der Waals surface area (Å²) >= 11 is 0. The normalized spacial score (nSPS) is 34.1. The lowest BCUT2D eigenvalue weighted by Crippen LogP contribution is -2.51. The van der Waals surface area contributed by atoms with Crippen molar-refractivity contribution in [2.24, 2.45) is 11.3 Å². The lowest BCUT2D eigenvalue weighted by molar-refractivity contribution is 0.0279. The van der Waals surface area contributed by atoms with E-state index in [1.165, 1.54) is 70.9 Å². The SMILES string of the molecule is CC1CCC(CNC2CC2)(CN(CCO)C2CCC2)CC1. The third-order valence-corrected chi connectivity index (χ3v) is 6.19. The highest BCUT2D eigenvalue weighted by molar-refractivity contribution is 4.94. The van der Waals surface area contributed by atoms with Gasteiger partial charge in [0.25, 0.3) is 0 Å². The fourth-order valence-corrected chi connectivity index (χ4v) is 4.12. The topological polar surface area (TPSA) is 35.5 Å². The van der Waals surface area contributed by atoms with Crippen molar-refractivity contribution in [3.8, 4) is 0 Å². The van der Waals surface area contributed by atoms with Gasteiger partial charge in [-0.2, -0.15) is 0 Å². The lowest BCUT2D eigenvalue weighted by Gasteiger charge is -2.47. The van der Waals surface area contributed by atoms with Gasteiger partial charge in [0.05, 0.1) is 6.61 Å². The predicted molar refractivity (Wildman–Crippen MR) is 87.4 cm³/mol. The van der Waals surface area contributed by atoms with Crippen LogP contribution in [0, 0.1) is 11.3 Å². The van der Waals surface area contributed by atoms with E-state index in [-0.39, 0.29) is 0 Å². The van der Waals surface area contributed by atoms with E-state index in [1.807, 2.05) is 0 Å². The molecule has 3 fully saturated rings. The summed E-state index contributed by atoms with van der Waals surface area (Å²) in [5.74, 6) is 0.911. The number of nitrogens with one attached hydrogen (secondary N) is 1. The molecule has 0 unspecified atom stereocenters. The summed E-state index contributed by atoms with van der Waals surface area (Å²) in [5, 5.41) is 13.2. The molecule has 122 valence electrons. The second-order valence-corrected chi connectivity index (χ2v) is 8.12. The van der Waals surface area contributed by atoms with Gasteiger partial charge in [0, 0.05) is 31.7 Å². The van der Waals surface area contributed by atoms with E-state index in [4.69, 9.17) is 0 Å². The minimum atomic E-state index is 0.318. The Hall–Kier alpha value is -0.120. The van der Waals surface area contributed by atoms with E-state index in [2.05, 4.69) is 17.1 Å². The van der Waals surface area contributed by atoms with Crippen LogP contribution in [0.25, 0.3) is 0 Å². The standard InChI is InChI=1S/C18H34N2O/c1-15-7-9-18(10-8-15,13-19-16-5-6-16)14-20(11-12-21)17-3-2-4-17/h15-17,19,21H,2-14H2,1H3. The fourth-order valence-electron chi connectivity index (χ4n) is 4.12. The highest BCUT2D eigenvalue weighted by Crippen LogP contribution is 2.41. The quantitative estimate of drug-likeness (QED) is 0.722. The van der Waals surface area contributed by atoms with Gasteiger partial charge in [0.1, 0.15) is 0 Å². The molecule has 3 heteroatoms. The van der Waals surface area contributed by atoms with Crippen molar-refractivity contribution in [2.75, 3.05) is 26.2 Å². The predicted octanol–water partition coefficient (Wildman–Crippen LogP) is 2.78. The first-order chi connectivity index (χ1) is 10.2. The Balaban J connectivity index is 1.61. The van der Waals surface area contributed by atoms with E-state index >= 15 is 0 Å². The molecule has 0 spiro atoms. The zero-order chi connectivity index (χ0) is 14.7. The van der Waals surface area contributed by atoms with Gasteiger partial charge < -0.3 is 10.4 Å². The van der Waals surface area contributed by atoms with Crippen molar-refractivity contribution in [2.45, 2.75) is 76.8 Å². The van der Waals surface area contributed by atoms with Gasteiger partial charge >= 0.3 is 0 Å². The van der Waals surface area contributed by atoms with Crippen molar-refractivity contribution in [1.29, 1.82) is 0 Å². The van der Waals surface area contributed by atoms with Crippen LogP contribution in [0.2, 0.25) is 0 Å². The largest absolute Gasteiger partial charge is 0.395 e. The monoisotopic (exact) mass is 294 g/mol. The molecule has 2 N–H and O–H groups in total. The van der Waals surface area contributed by atoms with Crippen molar-refractivity contribution in [3.63, 3.8) is 0 Å². The van der Waals surface area contributed by atoms with Crippen LogP contribution in [0.4, 0.5) is 0 Å². The van der Waals surface area contributed by atoms with Gasteiger partial charge in [-0.3, -0.25) is 4.90 Å². The number of hydrogen-bond acceptors (Lipinski definition) is 3. The Morgan fingerprint density at radius 2 is 1.81 bits per heavy atom. The smallest absolute Gasteiger partial charge is 0.0558 e. The molecule has 21 heavy (non-hydrogen) atoms. The summed E-state index contributed by atoms with van der Waals surface area (Å²) in [4.78, 5) is 2.62. The van der Waals surface area contributed by atoms with Gasteiger partial charge in [-0.15, -0.1) is 0 Å². The van der Waals surface area contributed by atoms with Gasteiger partial charge in [0.15, 0.2) is 0 Å². The zero-order valence-corrected chi connectivity index (χ0v) is 13.8. The molecule has 3 aliphatic rings. The average Bonchev–Trinajstić information content (AvgIpc) is 3.22. The van der Waals surface area contributed by atoms with Crippen LogP contribution in [-0.4, -0.2) is 48.3 Å². The number of hydrogen-bond donors (Lipinski definition) is 2. The Morgan fingerprint density at radius 3 is 2.33 bits per heavy atom. The molecule has 0 radical (unpaired) electrons. The molecule has 0 atom stereocenters. The summed E-state index contributed by atoms with van der Waals surface area (Å²) in [6.07, 6.45) is 12.4. The first-order valence-electron chi connectivity index (χ1n) is 9.29. The summed E-state index contributed by atoms with van der Waals surface area (Å²) < 4.78 is 0. The minimum Gasteiger partial charge on any atom is -0.395 e. The van der Waals surface area contributed by atoms with Crippen LogP contribution < -0.4 is 5.32 Å². The molecule has 3 saturated carbocycles. The Labute approximate surface area is 130 Å². The molecule has 0 aromatic rings. The second-order valence-electron chi connectivity index (χ2n) is 8.12. The molecule has 3 rings (SSSR count). The van der Waals surface area contributed by atoms with Gasteiger partial charge in [-0.25, -0.2) is 0 Å². The fraction of sp³-hybridized carbons (Fsp3) is 1.00. The molecular weight excluding hydrogens is 260 g/mol. The molecule has 3 aliphatic carbocycles. The average molecular weight is 294 g/mol. The molecule has 0 aromatic carbocycles. The third-order valence-electron chi connectivity index (χ3n) is 6.19. The Bertz CT molecular complexity index is 317. The van der Waals surface area contributed by atoms with Gasteiger partial charge in [-0.05, 0) is 49.9 Å². The molecule has 0 aromatic heterocycles. The molecular formula is C18H34N2O. The Kier molecular flexibility index (Phi) is 5.23. The number of aliphatic hydroxyl groups excluding tert-OH is 1. The van der Waals surface area contributed by atoms with Crippen molar-refractivity contribution in [1.82, 2.24) is 10.2 Å². The lowest BCUT2D eigenvalue weighted by atomic mass is 9.70. The molecule has 3 nitrogen and oxygen atoms in total. The maximum Gasteiger partial charge on any atom is 0.0558 e. The van der Waals surface area contributed by atoms with Crippen LogP contribution in [0.5, 0.6) is 0 Å². The van der Waals surface area contributed by atoms with E-state index in [0.29, 0.717) is 12.0 Å². The first kappa shape index (κ1) is 15.8. The van der Waals surface area contributed by atoms with E-state index in [9.17, 15) is 5.11 Å². The number of aliphatic hydroxyl groups is 1. The van der Waals surface area contributed by atoms with Crippen LogP contribution in [0.3, 0.4) is 0 Å². The van der Waals surface area contributed by atoms with E-state index < -0.39 is 0 Å². The van der Waals surface area contributed by atoms with Gasteiger partial charge in [0.2, 0.25) is 0 Å². The van der Waals surface area contributed by atoms with E-state index in [1.54, 1.807) is 0 Å². The Morgan fingerprint density at radius 1 is 1.10 bits per heavy atom. The molecule has 0 bridgehead atoms. The summed E-state index contributed by atoms with van der Waals surface area (Å²) in [7, 11) is 0. The minimum absolute atomic E-state index is 0.318.